The number of thiophene rings is 1. The van der Waals surface area contributed by atoms with Crippen LogP contribution in [0.1, 0.15) is 22.9 Å². The van der Waals surface area contributed by atoms with E-state index in [2.05, 4.69) is 27.9 Å². The van der Waals surface area contributed by atoms with E-state index in [0.29, 0.717) is 5.88 Å². The lowest BCUT2D eigenvalue weighted by molar-refractivity contribution is 0.380. The van der Waals surface area contributed by atoms with Crippen LogP contribution >= 0.6 is 11.3 Å². The molecule has 0 amide bonds. The van der Waals surface area contributed by atoms with E-state index in [4.69, 9.17) is 10.6 Å². The van der Waals surface area contributed by atoms with Crippen molar-refractivity contribution in [3.05, 3.63) is 46.3 Å². The van der Waals surface area contributed by atoms with Gasteiger partial charge in [0.1, 0.15) is 0 Å². The molecule has 2 rings (SSSR count). The zero-order valence-corrected chi connectivity index (χ0v) is 11.1. The Labute approximate surface area is 111 Å². The third-order valence-corrected chi connectivity index (χ3v) is 3.77. The van der Waals surface area contributed by atoms with E-state index >= 15 is 0 Å². The van der Waals surface area contributed by atoms with E-state index in [9.17, 15) is 0 Å². The van der Waals surface area contributed by atoms with Crippen LogP contribution in [-0.4, -0.2) is 12.1 Å². The summed E-state index contributed by atoms with van der Waals surface area (Å²) in [7, 11) is 1.62. The molecule has 0 fully saturated rings. The van der Waals surface area contributed by atoms with Gasteiger partial charge in [-0.15, -0.1) is 11.3 Å². The van der Waals surface area contributed by atoms with Crippen molar-refractivity contribution in [3.8, 4) is 5.88 Å². The van der Waals surface area contributed by atoms with E-state index in [1.807, 2.05) is 12.1 Å². The lowest BCUT2D eigenvalue weighted by Gasteiger charge is -2.17. The molecule has 1 atom stereocenters. The SMILES string of the molecule is COc1ncccc1C(CCc1cccs1)NN. The molecule has 1 unspecified atom stereocenters. The maximum absolute atomic E-state index is 5.64. The minimum Gasteiger partial charge on any atom is -0.481 e. The Kier molecular flexibility index (Phi) is 4.69. The zero-order valence-electron chi connectivity index (χ0n) is 10.3. The topological polar surface area (TPSA) is 60.2 Å². The first-order chi connectivity index (χ1) is 8.85. The number of aromatic nitrogens is 1. The van der Waals surface area contributed by atoms with Crippen LogP contribution in [0.4, 0.5) is 0 Å². The average Bonchev–Trinajstić information content (AvgIpc) is 2.93. The first-order valence-electron chi connectivity index (χ1n) is 5.82. The molecule has 0 spiro atoms. The van der Waals surface area contributed by atoms with Gasteiger partial charge in [-0.3, -0.25) is 11.3 Å². The van der Waals surface area contributed by atoms with Gasteiger partial charge in [-0.05, 0) is 30.4 Å². The van der Waals surface area contributed by atoms with Crippen molar-refractivity contribution in [1.29, 1.82) is 0 Å². The summed E-state index contributed by atoms with van der Waals surface area (Å²) in [4.78, 5) is 5.56. The number of pyridine rings is 1. The summed E-state index contributed by atoms with van der Waals surface area (Å²) in [6, 6.07) is 8.14. The van der Waals surface area contributed by atoms with Crippen molar-refractivity contribution in [2.45, 2.75) is 18.9 Å². The van der Waals surface area contributed by atoms with Gasteiger partial charge in [0.05, 0.1) is 13.2 Å². The average molecular weight is 263 g/mol. The maximum atomic E-state index is 5.64. The highest BCUT2D eigenvalue weighted by molar-refractivity contribution is 7.09. The number of nitrogens with two attached hydrogens (primary N) is 1. The Balaban J connectivity index is 2.08. The molecule has 0 saturated carbocycles. The van der Waals surface area contributed by atoms with Crippen molar-refractivity contribution < 1.29 is 4.74 Å². The molecule has 96 valence electrons. The number of hydrogen-bond donors (Lipinski definition) is 2. The van der Waals surface area contributed by atoms with Crippen molar-refractivity contribution >= 4 is 11.3 Å². The van der Waals surface area contributed by atoms with Gasteiger partial charge in [0, 0.05) is 16.6 Å². The Morgan fingerprint density at radius 2 is 2.33 bits per heavy atom. The van der Waals surface area contributed by atoms with Crippen LogP contribution in [0.15, 0.2) is 35.8 Å². The number of ether oxygens (including phenoxy) is 1. The monoisotopic (exact) mass is 263 g/mol. The van der Waals surface area contributed by atoms with Crippen molar-refractivity contribution in [3.63, 3.8) is 0 Å². The molecule has 2 heterocycles. The van der Waals surface area contributed by atoms with Crippen LogP contribution in [0.25, 0.3) is 0 Å². The highest BCUT2D eigenvalue weighted by atomic mass is 32.1. The zero-order chi connectivity index (χ0) is 12.8. The smallest absolute Gasteiger partial charge is 0.217 e. The predicted octanol–water partition coefficient (Wildman–Crippen LogP) is 2.29. The second-order valence-corrected chi connectivity index (χ2v) is 4.97. The minimum atomic E-state index is 0.0516. The lowest BCUT2D eigenvalue weighted by atomic mass is 10.0. The summed E-state index contributed by atoms with van der Waals surface area (Å²) in [6.45, 7) is 0. The van der Waals surface area contributed by atoms with E-state index in [0.717, 1.165) is 18.4 Å². The van der Waals surface area contributed by atoms with Gasteiger partial charge in [0.15, 0.2) is 0 Å². The van der Waals surface area contributed by atoms with Crippen molar-refractivity contribution in [2.24, 2.45) is 5.84 Å². The summed E-state index contributed by atoms with van der Waals surface area (Å²) in [6.07, 6.45) is 3.62. The summed E-state index contributed by atoms with van der Waals surface area (Å²) < 4.78 is 5.26. The van der Waals surface area contributed by atoms with E-state index in [1.54, 1.807) is 24.6 Å². The number of methoxy groups -OCH3 is 1. The standard InChI is InChI=1S/C13H17N3OS/c1-17-13-11(5-2-8-15-13)12(16-14)7-6-10-4-3-9-18-10/h2-5,8-9,12,16H,6-7,14H2,1H3. The fourth-order valence-corrected chi connectivity index (χ4v) is 2.63. The molecule has 2 aromatic heterocycles. The van der Waals surface area contributed by atoms with Crippen LogP contribution in [0, 0.1) is 0 Å². The largest absolute Gasteiger partial charge is 0.481 e. The number of rotatable bonds is 6. The normalized spacial score (nSPS) is 12.3. The van der Waals surface area contributed by atoms with Gasteiger partial charge in [-0.1, -0.05) is 12.1 Å². The van der Waals surface area contributed by atoms with Gasteiger partial charge in [0.2, 0.25) is 5.88 Å². The van der Waals surface area contributed by atoms with E-state index in [-0.39, 0.29) is 6.04 Å². The number of nitrogens with zero attached hydrogens (tertiary/aromatic N) is 1. The second-order valence-electron chi connectivity index (χ2n) is 3.94. The Morgan fingerprint density at radius 1 is 1.44 bits per heavy atom. The summed E-state index contributed by atoms with van der Waals surface area (Å²) in [5, 5.41) is 2.09. The Morgan fingerprint density at radius 3 is 3.00 bits per heavy atom. The van der Waals surface area contributed by atoms with Crippen LogP contribution in [-0.2, 0) is 6.42 Å². The van der Waals surface area contributed by atoms with Crippen molar-refractivity contribution in [2.75, 3.05) is 7.11 Å². The molecule has 0 aliphatic rings. The molecule has 0 aromatic carbocycles. The maximum Gasteiger partial charge on any atom is 0.217 e. The molecular formula is C13H17N3OS. The Hall–Kier alpha value is -1.43. The Bertz CT molecular complexity index is 473. The van der Waals surface area contributed by atoms with Gasteiger partial charge in [-0.2, -0.15) is 0 Å². The fourth-order valence-electron chi connectivity index (χ4n) is 1.91. The molecule has 0 aliphatic carbocycles. The summed E-state index contributed by atoms with van der Waals surface area (Å²) >= 11 is 1.77. The molecule has 3 N–H and O–H groups in total. The van der Waals surface area contributed by atoms with Crippen LogP contribution in [0.2, 0.25) is 0 Å². The number of aryl methyl sites for hydroxylation is 1. The predicted molar refractivity (Wildman–Crippen MR) is 73.5 cm³/mol. The number of nitrogens with one attached hydrogen (secondary N) is 1. The van der Waals surface area contributed by atoms with Gasteiger partial charge in [-0.25, -0.2) is 4.98 Å². The van der Waals surface area contributed by atoms with Gasteiger partial charge in [0.25, 0.3) is 0 Å². The third-order valence-electron chi connectivity index (χ3n) is 2.83. The first kappa shape index (κ1) is 13.0. The lowest BCUT2D eigenvalue weighted by Crippen LogP contribution is -2.28. The quantitative estimate of drug-likeness (QED) is 0.620. The summed E-state index contributed by atoms with van der Waals surface area (Å²) in [5.74, 6) is 6.27. The molecule has 0 aliphatic heterocycles. The third kappa shape index (κ3) is 3.07. The first-order valence-corrected chi connectivity index (χ1v) is 6.70. The van der Waals surface area contributed by atoms with Crippen LogP contribution < -0.4 is 16.0 Å². The van der Waals surface area contributed by atoms with E-state index in [1.165, 1.54) is 4.88 Å². The van der Waals surface area contributed by atoms with Gasteiger partial charge < -0.3 is 4.74 Å². The molecule has 4 nitrogen and oxygen atoms in total. The highest BCUT2D eigenvalue weighted by Crippen LogP contribution is 2.26. The highest BCUT2D eigenvalue weighted by Gasteiger charge is 2.15. The van der Waals surface area contributed by atoms with Crippen molar-refractivity contribution in [1.82, 2.24) is 10.4 Å². The number of hydrogen-bond acceptors (Lipinski definition) is 5. The summed E-state index contributed by atoms with van der Waals surface area (Å²) in [5.41, 5.74) is 3.84. The molecule has 5 heteroatoms. The molecule has 18 heavy (non-hydrogen) atoms. The second kappa shape index (κ2) is 6.49. The molecule has 0 bridgehead atoms. The van der Waals surface area contributed by atoms with Crippen LogP contribution in [0.3, 0.4) is 0 Å². The van der Waals surface area contributed by atoms with Gasteiger partial charge >= 0.3 is 0 Å². The molecule has 0 saturated heterocycles. The van der Waals surface area contributed by atoms with E-state index < -0.39 is 0 Å². The minimum absolute atomic E-state index is 0.0516. The van der Waals surface area contributed by atoms with Crippen LogP contribution in [0.5, 0.6) is 5.88 Å². The molecular weight excluding hydrogens is 246 g/mol. The molecule has 2 aromatic rings. The fraction of sp³-hybridized carbons (Fsp3) is 0.308. The number of hydrazine groups is 1. The molecule has 0 radical (unpaired) electrons.